The van der Waals surface area contributed by atoms with Crippen LogP contribution in [0, 0.1) is 23.3 Å². The van der Waals surface area contributed by atoms with Crippen LogP contribution in [0.15, 0.2) is 36.4 Å². The van der Waals surface area contributed by atoms with Crippen molar-refractivity contribution in [2.24, 2.45) is 0 Å². The molecule has 0 amide bonds. The lowest BCUT2D eigenvalue weighted by molar-refractivity contribution is 0.593. The molecule has 0 radical (unpaired) electrons. The zero-order valence-electron chi connectivity index (χ0n) is 8.68. The van der Waals surface area contributed by atoms with Crippen LogP contribution in [0.3, 0.4) is 0 Å². The highest BCUT2D eigenvalue weighted by Gasteiger charge is 2.17. The highest BCUT2D eigenvalue weighted by Crippen LogP contribution is 2.02. The quantitative estimate of drug-likeness (QED) is 0.564. The van der Waals surface area contributed by atoms with Gasteiger partial charge in [-0.1, -0.05) is 12.1 Å². The van der Waals surface area contributed by atoms with Gasteiger partial charge in [-0.2, -0.15) is 0 Å². The minimum atomic E-state index is -1.85. The first-order valence-electron chi connectivity index (χ1n) is 4.95. The van der Waals surface area contributed by atoms with E-state index >= 15 is 0 Å². The second-order valence-electron chi connectivity index (χ2n) is 3.58. The Hall–Kier alpha value is -1.31. The number of hydrogen-bond donors (Lipinski definition) is 0. The van der Waals surface area contributed by atoms with E-state index in [2.05, 4.69) is 0 Å². The summed E-state index contributed by atoms with van der Waals surface area (Å²) in [6, 6.07) is 6.79. The first kappa shape index (κ1) is 12.2. The Morgan fingerprint density at radius 2 is 0.882 bits per heavy atom. The van der Waals surface area contributed by atoms with E-state index in [0.29, 0.717) is 0 Å². The van der Waals surface area contributed by atoms with Crippen LogP contribution < -0.4 is 8.85 Å². The molecular weight excluding hydrogens is 247 g/mol. The van der Waals surface area contributed by atoms with Crippen LogP contribution >= 0.6 is 0 Å². The van der Waals surface area contributed by atoms with Crippen molar-refractivity contribution in [1.29, 1.82) is 0 Å². The Balaban J connectivity index is 2.45. The third kappa shape index (κ3) is 2.51. The molecule has 17 heavy (non-hydrogen) atoms. The van der Waals surface area contributed by atoms with Gasteiger partial charge in [-0.3, -0.25) is 0 Å². The van der Waals surface area contributed by atoms with Crippen molar-refractivity contribution in [3.63, 3.8) is 0 Å². The lowest BCUT2D eigenvalue weighted by Gasteiger charge is -2.05. The molecule has 0 aliphatic rings. The van der Waals surface area contributed by atoms with Crippen molar-refractivity contribution < 1.29 is 17.6 Å². The van der Waals surface area contributed by atoms with E-state index < -0.39 is 38.5 Å². The molecule has 0 saturated carbocycles. The molecule has 0 spiro atoms. The predicted molar refractivity (Wildman–Crippen MR) is 59.1 cm³/mol. The maximum absolute atomic E-state index is 13.3. The van der Waals surface area contributed by atoms with Crippen molar-refractivity contribution in [3.05, 3.63) is 59.7 Å². The standard InChI is InChI=1S/2C6H3F2.Al.H/c2*7-5-2-1-3-6(8)4-5;;/h2*1-3H;;. The van der Waals surface area contributed by atoms with Gasteiger partial charge in [0.05, 0.1) is 0 Å². The second kappa shape index (κ2) is 4.91. The Labute approximate surface area is 102 Å². The molecule has 86 valence electrons. The Bertz CT molecular complexity index is 464. The van der Waals surface area contributed by atoms with Gasteiger partial charge in [0, 0.05) is 0 Å². The smallest absolute Gasteiger partial charge is 0.208 e. The van der Waals surface area contributed by atoms with Crippen molar-refractivity contribution in [3.8, 4) is 0 Å². The van der Waals surface area contributed by atoms with E-state index in [1.54, 1.807) is 0 Å². The van der Waals surface area contributed by atoms with Crippen LogP contribution in [0.5, 0.6) is 0 Å². The molecule has 5 heteroatoms. The van der Waals surface area contributed by atoms with E-state index in [1.165, 1.54) is 12.1 Å². The molecule has 2 rings (SSSR count). The fourth-order valence-corrected chi connectivity index (χ4v) is 3.08. The SMILES string of the molecule is Fc1cccc(F)[c]1[AlH][c]1c(F)cccc1F. The first-order chi connectivity index (χ1) is 8.09. The molecule has 0 bridgehead atoms. The second-order valence-corrected chi connectivity index (χ2v) is 5.34. The highest BCUT2D eigenvalue weighted by atomic mass is 27.1. The van der Waals surface area contributed by atoms with Crippen molar-refractivity contribution in [2.45, 2.75) is 0 Å². The summed E-state index contributed by atoms with van der Waals surface area (Å²) in [6.07, 6.45) is 0. The number of hydrogen-bond acceptors (Lipinski definition) is 0. The van der Waals surface area contributed by atoms with E-state index in [0.717, 1.165) is 24.3 Å². The van der Waals surface area contributed by atoms with Gasteiger partial charge in [-0.05, 0) is 33.1 Å². The van der Waals surface area contributed by atoms with Gasteiger partial charge in [0.1, 0.15) is 23.3 Å². The zero-order valence-corrected chi connectivity index (χ0v) is 10.1. The summed E-state index contributed by atoms with van der Waals surface area (Å²) in [5, 5.41) is 0. The van der Waals surface area contributed by atoms with Gasteiger partial charge >= 0.3 is 15.2 Å². The zero-order chi connectivity index (χ0) is 12.4. The van der Waals surface area contributed by atoms with Crippen LogP contribution in [0.4, 0.5) is 17.6 Å². The summed E-state index contributed by atoms with van der Waals surface area (Å²) < 4.78 is 53.0. The summed E-state index contributed by atoms with van der Waals surface area (Å²) in [6.45, 7) is 0. The van der Waals surface area contributed by atoms with E-state index in [1.807, 2.05) is 0 Å². The molecule has 0 heterocycles. The van der Waals surface area contributed by atoms with Crippen molar-refractivity contribution in [2.75, 3.05) is 0 Å². The Morgan fingerprint density at radius 3 is 1.18 bits per heavy atom. The molecule has 0 aliphatic carbocycles. The summed E-state index contributed by atoms with van der Waals surface area (Å²) >= 11 is -1.85. The fourth-order valence-electron chi connectivity index (χ4n) is 1.58. The maximum atomic E-state index is 13.3. The van der Waals surface area contributed by atoms with Crippen LogP contribution in [0.1, 0.15) is 0 Å². The third-order valence-electron chi connectivity index (χ3n) is 2.48. The third-order valence-corrected chi connectivity index (χ3v) is 4.54. The van der Waals surface area contributed by atoms with Crippen LogP contribution in [0.2, 0.25) is 0 Å². The first-order valence-corrected chi connectivity index (χ1v) is 6.37. The number of rotatable bonds is 2. The molecule has 0 atom stereocenters. The average Bonchev–Trinajstić information content (AvgIpc) is 2.27. The molecule has 0 saturated heterocycles. The van der Waals surface area contributed by atoms with E-state index in [-0.39, 0.29) is 8.85 Å². The lowest BCUT2D eigenvalue weighted by atomic mass is 10.3. The lowest BCUT2D eigenvalue weighted by Crippen LogP contribution is -2.36. The van der Waals surface area contributed by atoms with Gasteiger partial charge < -0.3 is 0 Å². The molecule has 0 aromatic heterocycles. The summed E-state index contributed by atoms with van der Waals surface area (Å²) in [5.41, 5.74) is 0. The van der Waals surface area contributed by atoms with Crippen molar-refractivity contribution in [1.82, 2.24) is 0 Å². The van der Waals surface area contributed by atoms with Gasteiger partial charge in [-0.25, -0.2) is 17.6 Å². The molecule has 2 aromatic rings. The summed E-state index contributed by atoms with van der Waals surface area (Å²) in [5.74, 6) is -3.00. The fraction of sp³-hybridized carbons (Fsp3) is 0. The molecule has 0 fully saturated rings. The minimum Gasteiger partial charge on any atom is -0.208 e. The van der Waals surface area contributed by atoms with Gasteiger partial charge in [0.15, 0.2) is 0 Å². The van der Waals surface area contributed by atoms with Gasteiger partial charge in [0.25, 0.3) is 0 Å². The predicted octanol–water partition coefficient (Wildman–Crippen LogP) is 1.63. The van der Waals surface area contributed by atoms with E-state index in [4.69, 9.17) is 0 Å². The van der Waals surface area contributed by atoms with Gasteiger partial charge in [-0.15, -0.1) is 0 Å². The number of benzene rings is 2. The summed E-state index contributed by atoms with van der Waals surface area (Å²) in [7, 11) is 0. The van der Waals surface area contributed by atoms with E-state index in [9.17, 15) is 17.6 Å². The number of halogens is 4. The van der Waals surface area contributed by atoms with Gasteiger partial charge in [0.2, 0.25) is 0 Å². The minimum absolute atomic E-state index is 0.198. The monoisotopic (exact) mass is 254 g/mol. The average molecular weight is 254 g/mol. The van der Waals surface area contributed by atoms with Crippen LogP contribution in [-0.4, -0.2) is 15.2 Å². The van der Waals surface area contributed by atoms with Crippen LogP contribution in [0.25, 0.3) is 0 Å². The molecule has 0 unspecified atom stereocenters. The largest absolute Gasteiger partial charge is 0.342 e. The molecule has 0 N–H and O–H groups in total. The molecular formula is C12H7AlF4. The molecule has 0 aliphatic heterocycles. The highest BCUT2D eigenvalue weighted by molar-refractivity contribution is 6.67. The molecule has 2 aromatic carbocycles. The van der Waals surface area contributed by atoms with Crippen molar-refractivity contribution >= 4 is 24.1 Å². The molecule has 0 nitrogen and oxygen atoms in total. The Kier molecular flexibility index (Phi) is 3.51. The summed E-state index contributed by atoms with van der Waals surface area (Å²) in [4.78, 5) is 0. The normalized spacial score (nSPS) is 10.4. The Morgan fingerprint density at radius 1 is 0.588 bits per heavy atom. The topological polar surface area (TPSA) is 0 Å². The van der Waals surface area contributed by atoms with Crippen LogP contribution in [-0.2, 0) is 0 Å². The maximum Gasteiger partial charge on any atom is 0.342 e.